The van der Waals surface area contributed by atoms with Gasteiger partial charge in [-0.05, 0) is 37.5 Å². The van der Waals surface area contributed by atoms with Crippen molar-refractivity contribution in [2.45, 2.75) is 368 Å². The molecule has 2 unspecified atom stereocenters. The molecule has 0 saturated heterocycles. The molecule has 522 valence electrons. The third-order valence-electron chi connectivity index (χ3n) is 16.0. The summed E-state index contributed by atoms with van der Waals surface area (Å²) >= 11 is 0. The summed E-state index contributed by atoms with van der Waals surface area (Å²) in [7, 11) is -9.89. The maximum atomic E-state index is 13.0. The Labute approximate surface area is 537 Å². The van der Waals surface area contributed by atoms with Crippen molar-refractivity contribution in [2.75, 3.05) is 39.6 Å². The maximum absolute atomic E-state index is 13.0. The molecule has 0 amide bonds. The monoisotopic (exact) mass is 1300 g/mol. The van der Waals surface area contributed by atoms with E-state index in [9.17, 15) is 43.2 Å². The van der Waals surface area contributed by atoms with Crippen LogP contribution in [0.5, 0.6) is 0 Å². The van der Waals surface area contributed by atoms with Gasteiger partial charge in [0.25, 0.3) is 0 Å². The fraction of sp³-hybridized carbons (Fsp3) is 0.942. The zero-order chi connectivity index (χ0) is 65.0. The Balaban J connectivity index is 5.22. The number of rotatable bonds is 68. The fourth-order valence-corrected chi connectivity index (χ4v) is 12.0. The quantitative estimate of drug-likeness (QED) is 0.0222. The van der Waals surface area contributed by atoms with Crippen LogP contribution in [-0.4, -0.2) is 96.7 Å². The standard InChI is InChI=1S/C69H134O17P2/c1-7-9-11-13-15-17-26-33-39-45-51-66(71)79-57-64(85-68(73)53-47-41-35-27-18-16-14-12-10-8-2)59-83-87(75,76)81-55-63(70)56-82-88(77,78)84-60-65(58-80-67(72)52-46-40-34-30-29-32-38-44-50-62(5)6)86-69(74)54-48-42-36-28-24-22-20-19-21-23-25-31-37-43-49-61(3)4/h61-65,70H,7-60H2,1-6H3,(H,75,76)(H,77,78)/t63-,64+,65+/m0/s1. The van der Waals surface area contributed by atoms with E-state index in [1.807, 2.05) is 0 Å². The lowest BCUT2D eigenvalue weighted by atomic mass is 10.0. The fourth-order valence-electron chi connectivity index (χ4n) is 10.4. The number of phosphoric ester groups is 2. The van der Waals surface area contributed by atoms with Crippen molar-refractivity contribution in [1.82, 2.24) is 0 Å². The highest BCUT2D eigenvalue weighted by molar-refractivity contribution is 7.47. The van der Waals surface area contributed by atoms with Gasteiger partial charge in [-0.2, -0.15) is 0 Å². The molecular formula is C69H134O17P2. The Bertz CT molecular complexity index is 1720. The van der Waals surface area contributed by atoms with Crippen LogP contribution < -0.4 is 0 Å². The topological polar surface area (TPSA) is 237 Å². The molecule has 0 fully saturated rings. The van der Waals surface area contributed by atoms with Gasteiger partial charge in [0.15, 0.2) is 12.2 Å². The van der Waals surface area contributed by atoms with Gasteiger partial charge in [-0.3, -0.25) is 37.3 Å². The highest BCUT2D eigenvalue weighted by atomic mass is 31.2. The van der Waals surface area contributed by atoms with Crippen LogP contribution in [0.4, 0.5) is 0 Å². The summed E-state index contributed by atoms with van der Waals surface area (Å²) in [5.74, 6) is -0.605. The Morgan fingerprint density at radius 2 is 0.523 bits per heavy atom. The lowest BCUT2D eigenvalue weighted by Crippen LogP contribution is -2.30. The Kier molecular flexibility index (Phi) is 59.9. The number of esters is 4. The van der Waals surface area contributed by atoms with E-state index in [1.54, 1.807) is 0 Å². The molecule has 88 heavy (non-hydrogen) atoms. The molecular weight excluding hydrogens is 1160 g/mol. The molecule has 0 aromatic rings. The van der Waals surface area contributed by atoms with Crippen molar-refractivity contribution in [3.05, 3.63) is 0 Å². The van der Waals surface area contributed by atoms with Gasteiger partial charge in [0, 0.05) is 25.7 Å². The van der Waals surface area contributed by atoms with Crippen LogP contribution in [0.2, 0.25) is 0 Å². The van der Waals surface area contributed by atoms with Crippen LogP contribution in [0.25, 0.3) is 0 Å². The molecule has 0 aliphatic rings. The van der Waals surface area contributed by atoms with E-state index in [0.29, 0.717) is 25.7 Å². The lowest BCUT2D eigenvalue weighted by Gasteiger charge is -2.21. The van der Waals surface area contributed by atoms with Crippen molar-refractivity contribution in [1.29, 1.82) is 0 Å². The number of ether oxygens (including phenoxy) is 4. The minimum absolute atomic E-state index is 0.106. The Morgan fingerprint density at radius 1 is 0.307 bits per heavy atom. The first-order valence-electron chi connectivity index (χ1n) is 36.0. The highest BCUT2D eigenvalue weighted by Crippen LogP contribution is 2.45. The zero-order valence-electron chi connectivity index (χ0n) is 57.0. The second-order valence-electron chi connectivity index (χ2n) is 25.9. The normalized spacial score (nSPS) is 14.2. The first-order chi connectivity index (χ1) is 42.4. The van der Waals surface area contributed by atoms with Crippen molar-refractivity contribution in [3.8, 4) is 0 Å². The minimum Gasteiger partial charge on any atom is -0.462 e. The molecule has 19 heteroatoms. The summed E-state index contributed by atoms with van der Waals surface area (Å²) in [5.41, 5.74) is 0. The van der Waals surface area contributed by atoms with Crippen molar-refractivity contribution < 1.29 is 80.2 Å². The average molecular weight is 1300 g/mol. The SMILES string of the molecule is CCCCCCCCCCCCC(=O)OC[C@H](COP(=O)(O)OC[C@H](O)COP(=O)(O)OC[C@@H](COC(=O)CCCCCCCCCCC(C)C)OC(=O)CCCCCCCCCCCCCCCCC(C)C)OC(=O)CCCCCCCCCCCC. The summed E-state index contributed by atoms with van der Waals surface area (Å²) in [6.07, 6.45) is 45.8. The molecule has 0 aromatic carbocycles. The van der Waals surface area contributed by atoms with Gasteiger partial charge in [-0.1, -0.05) is 298 Å². The molecule has 0 rings (SSSR count). The number of carbonyl (C=O) groups excluding carboxylic acids is 4. The van der Waals surface area contributed by atoms with Gasteiger partial charge in [0.1, 0.15) is 19.3 Å². The van der Waals surface area contributed by atoms with Crippen molar-refractivity contribution in [2.24, 2.45) is 11.8 Å². The number of carbonyl (C=O) groups is 4. The van der Waals surface area contributed by atoms with Crippen molar-refractivity contribution in [3.63, 3.8) is 0 Å². The average Bonchev–Trinajstić information content (AvgIpc) is 3.51. The van der Waals surface area contributed by atoms with E-state index in [-0.39, 0.29) is 25.7 Å². The second-order valence-corrected chi connectivity index (χ2v) is 28.8. The maximum Gasteiger partial charge on any atom is 0.472 e. The molecule has 0 heterocycles. The molecule has 0 saturated carbocycles. The summed E-state index contributed by atoms with van der Waals surface area (Å²) in [6.45, 7) is 9.51. The third kappa shape index (κ3) is 62.8. The van der Waals surface area contributed by atoms with E-state index < -0.39 is 97.5 Å². The van der Waals surface area contributed by atoms with Crippen LogP contribution >= 0.6 is 15.6 Å². The van der Waals surface area contributed by atoms with E-state index in [4.69, 9.17) is 37.0 Å². The van der Waals surface area contributed by atoms with Crippen LogP contribution in [0.15, 0.2) is 0 Å². The number of hydrogen-bond donors (Lipinski definition) is 3. The molecule has 0 aliphatic heterocycles. The van der Waals surface area contributed by atoms with E-state index in [1.165, 1.54) is 167 Å². The summed E-state index contributed by atoms with van der Waals surface area (Å²) in [4.78, 5) is 72.4. The minimum atomic E-state index is -4.95. The number of aliphatic hydroxyl groups is 1. The second kappa shape index (κ2) is 61.3. The first kappa shape index (κ1) is 86.1. The number of aliphatic hydroxyl groups excluding tert-OH is 1. The predicted molar refractivity (Wildman–Crippen MR) is 354 cm³/mol. The number of hydrogen-bond acceptors (Lipinski definition) is 15. The van der Waals surface area contributed by atoms with E-state index in [0.717, 1.165) is 102 Å². The van der Waals surface area contributed by atoms with Gasteiger partial charge in [-0.15, -0.1) is 0 Å². The Hall–Kier alpha value is -1.94. The van der Waals surface area contributed by atoms with Gasteiger partial charge in [-0.25, -0.2) is 9.13 Å². The van der Waals surface area contributed by atoms with Gasteiger partial charge in [0.05, 0.1) is 26.4 Å². The smallest absolute Gasteiger partial charge is 0.462 e. The van der Waals surface area contributed by atoms with E-state index in [2.05, 4.69) is 41.5 Å². The molecule has 0 aromatic heterocycles. The predicted octanol–water partition coefficient (Wildman–Crippen LogP) is 19.6. The zero-order valence-corrected chi connectivity index (χ0v) is 58.8. The summed E-state index contributed by atoms with van der Waals surface area (Å²) in [6, 6.07) is 0. The van der Waals surface area contributed by atoms with Crippen molar-refractivity contribution >= 4 is 39.5 Å². The van der Waals surface area contributed by atoms with E-state index >= 15 is 0 Å². The van der Waals surface area contributed by atoms with Crippen LogP contribution in [-0.2, 0) is 65.4 Å². The Morgan fingerprint density at radius 3 is 0.773 bits per heavy atom. The molecule has 17 nitrogen and oxygen atoms in total. The largest absolute Gasteiger partial charge is 0.472 e. The first-order valence-corrected chi connectivity index (χ1v) is 39.0. The third-order valence-corrected chi connectivity index (χ3v) is 17.9. The molecule has 0 aliphatic carbocycles. The van der Waals surface area contributed by atoms with Crippen LogP contribution in [0.3, 0.4) is 0 Å². The molecule has 3 N–H and O–H groups in total. The summed E-state index contributed by atoms with van der Waals surface area (Å²) in [5, 5.41) is 10.6. The number of phosphoric acid groups is 2. The van der Waals surface area contributed by atoms with Gasteiger partial charge < -0.3 is 33.8 Å². The highest BCUT2D eigenvalue weighted by Gasteiger charge is 2.30. The summed E-state index contributed by atoms with van der Waals surface area (Å²) < 4.78 is 68.2. The number of unbranched alkanes of at least 4 members (excludes halogenated alkanes) is 38. The molecule has 5 atom stereocenters. The van der Waals surface area contributed by atoms with Crippen LogP contribution in [0, 0.1) is 11.8 Å². The molecule has 0 radical (unpaired) electrons. The lowest BCUT2D eigenvalue weighted by molar-refractivity contribution is -0.161. The van der Waals surface area contributed by atoms with Crippen LogP contribution in [0.1, 0.15) is 350 Å². The van der Waals surface area contributed by atoms with Gasteiger partial charge >= 0.3 is 39.5 Å². The van der Waals surface area contributed by atoms with Gasteiger partial charge in [0.2, 0.25) is 0 Å². The molecule has 0 spiro atoms. The molecule has 0 bridgehead atoms.